The number of rotatable bonds is 4. The topological polar surface area (TPSA) is 63.1 Å². The van der Waals surface area contributed by atoms with Gasteiger partial charge in [-0.25, -0.2) is 14.8 Å². The summed E-state index contributed by atoms with van der Waals surface area (Å²) in [6, 6.07) is 7.74. The molecule has 4 nitrogen and oxygen atoms in total. The number of aliphatic carboxylic acids is 1. The van der Waals surface area contributed by atoms with Crippen LogP contribution < -0.4 is 0 Å². The predicted octanol–water partition coefficient (Wildman–Crippen LogP) is 2.36. The zero-order valence-corrected chi connectivity index (χ0v) is 9.72. The van der Waals surface area contributed by atoms with Gasteiger partial charge in [0.15, 0.2) is 0 Å². The van der Waals surface area contributed by atoms with Crippen LogP contribution in [-0.4, -0.2) is 26.8 Å². The molecular formula is C12H10N2O2S. The molecule has 86 valence electrons. The van der Waals surface area contributed by atoms with Crippen LogP contribution in [0.3, 0.4) is 0 Å². The van der Waals surface area contributed by atoms with Gasteiger partial charge in [-0.2, -0.15) is 0 Å². The molecule has 1 heterocycles. The van der Waals surface area contributed by atoms with Crippen LogP contribution in [0.15, 0.2) is 47.8 Å². The Morgan fingerprint density at radius 3 is 3.00 bits per heavy atom. The van der Waals surface area contributed by atoms with E-state index in [-0.39, 0.29) is 0 Å². The number of fused-ring (bicyclic) bond motifs is 1. The molecule has 0 fully saturated rings. The third-order valence-electron chi connectivity index (χ3n) is 2.08. The molecule has 1 aromatic heterocycles. The lowest BCUT2D eigenvalue weighted by Gasteiger charge is -2.01. The molecule has 0 atom stereocenters. The zero-order valence-electron chi connectivity index (χ0n) is 8.91. The first-order valence-electron chi connectivity index (χ1n) is 4.99. The van der Waals surface area contributed by atoms with Gasteiger partial charge in [-0.05, 0) is 6.07 Å². The van der Waals surface area contributed by atoms with Crippen LogP contribution in [0.5, 0.6) is 0 Å². The third kappa shape index (κ3) is 3.04. The Bertz CT molecular complexity index is 564. The number of carbonyl (C=O) groups is 1. The molecule has 0 aliphatic heterocycles. The zero-order chi connectivity index (χ0) is 12.1. The van der Waals surface area contributed by atoms with E-state index in [4.69, 9.17) is 5.11 Å². The number of carboxylic acid groups (broad SMARTS) is 1. The van der Waals surface area contributed by atoms with E-state index in [1.165, 1.54) is 18.1 Å². The van der Waals surface area contributed by atoms with Gasteiger partial charge >= 0.3 is 5.97 Å². The van der Waals surface area contributed by atoms with Crippen LogP contribution in [-0.2, 0) is 4.79 Å². The first-order chi connectivity index (χ1) is 8.27. The monoisotopic (exact) mass is 246 g/mol. The van der Waals surface area contributed by atoms with E-state index < -0.39 is 5.97 Å². The highest BCUT2D eigenvalue weighted by Gasteiger charge is 2.01. The smallest absolute Gasteiger partial charge is 0.328 e. The first kappa shape index (κ1) is 11.6. The second kappa shape index (κ2) is 5.45. The molecule has 0 spiro atoms. The molecule has 0 saturated heterocycles. The fourth-order valence-electron chi connectivity index (χ4n) is 1.37. The van der Waals surface area contributed by atoms with Crippen LogP contribution >= 0.6 is 11.8 Å². The molecular weight excluding hydrogens is 236 g/mol. The summed E-state index contributed by atoms with van der Waals surface area (Å²) < 4.78 is 0. The fourth-order valence-corrected chi connectivity index (χ4v) is 2.17. The Morgan fingerprint density at radius 2 is 2.18 bits per heavy atom. The molecule has 2 aromatic rings. The Hall–Kier alpha value is -1.88. The van der Waals surface area contributed by atoms with Gasteiger partial charge in [-0.3, -0.25) is 0 Å². The molecule has 0 unspecified atom stereocenters. The maximum Gasteiger partial charge on any atom is 0.328 e. The maximum atomic E-state index is 10.3. The minimum absolute atomic E-state index is 0.577. The number of hydrogen-bond donors (Lipinski definition) is 1. The van der Waals surface area contributed by atoms with Gasteiger partial charge in [0.2, 0.25) is 0 Å². The average molecular weight is 246 g/mol. The lowest BCUT2D eigenvalue weighted by molar-refractivity contribution is -0.131. The van der Waals surface area contributed by atoms with E-state index in [1.54, 1.807) is 6.08 Å². The standard InChI is InChI=1S/C12H10N2O2S/c15-11(16)6-3-7-17-12-9-4-1-2-5-10(9)13-8-14-12/h1-6,8H,7H2,(H,15,16)/b6-3+. The van der Waals surface area contributed by atoms with Gasteiger partial charge < -0.3 is 5.11 Å². The maximum absolute atomic E-state index is 10.3. The molecule has 1 aromatic carbocycles. The van der Waals surface area contributed by atoms with Crippen molar-refractivity contribution in [3.63, 3.8) is 0 Å². The van der Waals surface area contributed by atoms with E-state index in [0.29, 0.717) is 5.75 Å². The quantitative estimate of drug-likeness (QED) is 0.509. The van der Waals surface area contributed by atoms with Crippen molar-refractivity contribution in [2.24, 2.45) is 0 Å². The number of benzene rings is 1. The number of para-hydroxylation sites is 1. The van der Waals surface area contributed by atoms with Crippen molar-refractivity contribution < 1.29 is 9.90 Å². The Labute approximate surface area is 102 Å². The number of nitrogens with zero attached hydrogens (tertiary/aromatic N) is 2. The Kier molecular flexibility index (Phi) is 3.72. The minimum Gasteiger partial charge on any atom is -0.478 e. The summed E-state index contributed by atoms with van der Waals surface area (Å²) in [5.41, 5.74) is 0.896. The second-order valence-electron chi connectivity index (χ2n) is 3.25. The molecule has 0 saturated carbocycles. The molecule has 5 heteroatoms. The summed E-state index contributed by atoms with van der Waals surface area (Å²) in [4.78, 5) is 18.7. The van der Waals surface area contributed by atoms with Gasteiger partial charge in [-0.1, -0.05) is 24.3 Å². The Morgan fingerprint density at radius 1 is 1.35 bits per heavy atom. The lowest BCUT2D eigenvalue weighted by Crippen LogP contribution is -1.88. The minimum atomic E-state index is -0.932. The van der Waals surface area contributed by atoms with Crippen molar-refractivity contribution in [3.8, 4) is 0 Å². The molecule has 0 bridgehead atoms. The summed E-state index contributed by atoms with van der Waals surface area (Å²) in [6.45, 7) is 0. The Balaban J connectivity index is 2.16. The van der Waals surface area contributed by atoms with E-state index in [0.717, 1.165) is 22.0 Å². The summed E-state index contributed by atoms with van der Waals surface area (Å²) >= 11 is 1.49. The van der Waals surface area contributed by atoms with Gasteiger partial charge in [0.05, 0.1) is 5.52 Å². The highest BCUT2D eigenvalue weighted by Crippen LogP contribution is 2.23. The third-order valence-corrected chi connectivity index (χ3v) is 3.04. The van der Waals surface area contributed by atoms with Crippen LogP contribution in [0.2, 0.25) is 0 Å². The molecule has 0 aliphatic carbocycles. The molecule has 0 aliphatic rings. The van der Waals surface area contributed by atoms with Crippen molar-refractivity contribution in [3.05, 3.63) is 42.7 Å². The number of hydrogen-bond acceptors (Lipinski definition) is 4. The average Bonchev–Trinajstić information content (AvgIpc) is 2.34. The summed E-state index contributed by atoms with van der Waals surface area (Å²) in [5.74, 6) is -0.356. The lowest BCUT2D eigenvalue weighted by atomic mass is 10.2. The predicted molar refractivity (Wildman–Crippen MR) is 67.0 cm³/mol. The van der Waals surface area contributed by atoms with Crippen molar-refractivity contribution in [1.82, 2.24) is 9.97 Å². The normalized spacial score (nSPS) is 11.1. The van der Waals surface area contributed by atoms with Gasteiger partial charge in [0, 0.05) is 17.2 Å². The van der Waals surface area contributed by atoms with Crippen molar-refractivity contribution >= 4 is 28.6 Å². The molecule has 0 amide bonds. The molecule has 17 heavy (non-hydrogen) atoms. The van der Waals surface area contributed by atoms with Crippen molar-refractivity contribution in [2.75, 3.05) is 5.75 Å². The van der Waals surface area contributed by atoms with Gasteiger partial charge in [0.25, 0.3) is 0 Å². The SMILES string of the molecule is O=C(O)/C=C/CSc1ncnc2ccccc12. The summed E-state index contributed by atoms with van der Waals surface area (Å²) in [5, 5.41) is 10.3. The van der Waals surface area contributed by atoms with E-state index in [2.05, 4.69) is 9.97 Å². The molecule has 2 rings (SSSR count). The van der Waals surface area contributed by atoms with Crippen molar-refractivity contribution in [2.45, 2.75) is 5.03 Å². The molecule has 1 N–H and O–H groups in total. The van der Waals surface area contributed by atoms with Crippen LogP contribution in [0.4, 0.5) is 0 Å². The first-order valence-corrected chi connectivity index (χ1v) is 5.98. The number of aromatic nitrogens is 2. The summed E-state index contributed by atoms with van der Waals surface area (Å²) in [6.07, 6.45) is 4.26. The van der Waals surface area contributed by atoms with Gasteiger partial charge in [0.1, 0.15) is 11.4 Å². The van der Waals surface area contributed by atoms with Crippen LogP contribution in [0.1, 0.15) is 0 Å². The molecule has 0 radical (unpaired) electrons. The second-order valence-corrected chi connectivity index (χ2v) is 4.26. The largest absolute Gasteiger partial charge is 0.478 e. The van der Waals surface area contributed by atoms with E-state index in [1.807, 2.05) is 24.3 Å². The number of thioether (sulfide) groups is 1. The highest BCUT2D eigenvalue weighted by molar-refractivity contribution is 7.99. The summed E-state index contributed by atoms with van der Waals surface area (Å²) in [7, 11) is 0. The van der Waals surface area contributed by atoms with Crippen molar-refractivity contribution in [1.29, 1.82) is 0 Å². The van der Waals surface area contributed by atoms with Gasteiger partial charge in [-0.15, -0.1) is 11.8 Å². The van der Waals surface area contributed by atoms with E-state index >= 15 is 0 Å². The highest BCUT2D eigenvalue weighted by atomic mass is 32.2. The number of carboxylic acids is 1. The van der Waals surface area contributed by atoms with Crippen LogP contribution in [0, 0.1) is 0 Å². The fraction of sp³-hybridized carbons (Fsp3) is 0.0833. The van der Waals surface area contributed by atoms with Crippen LogP contribution in [0.25, 0.3) is 10.9 Å². The van der Waals surface area contributed by atoms with E-state index in [9.17, 15) is 4.79 Å².